The second-order valence-corrected chi connectivity index (χ2v) is 13.6. The van der Waals surface area contributed by atoms with Crippen LogP contribution in [0.4, 0.5) is 4.39 Å². The number of carboxylic acids is 1. The lowest BCUT2D eigenvalue weighted by atomic mass is 9.90. The van der Waals surface area contributed by atoms with Gasteiger partial charge in [-0.05, 0) is 78.8 Å². The van der Waals surface area contributed by atoms with E-state index in [0.717, 1.165) is 33.4 Å². The minimum Gasteiger partial charge on any atom is -0.493 e. The summed E-state index contributed by atoms with van der Waals surface area (Å²) >= 11 is 0. The van der Waals surface area contributed by atoms with Crippen molar-refractivity contribution >= 4 is 15.8 Å². The first-order valence-corrected chi connectivity index (χ1v) is 15.8. The Morgan fingerprint density at radius 3 is 2.54 bits per heavy atom. The first kappa shape index (κ1) is 28.9. The van der Waals surface area contributed by atoms with Crippen molar-refractivity contribution < 1.29 is 36.9 Å². The number of halogens is 1. The van der Waals surface area contributed by atoms with Crippen LogP contribution >= 0.6 is 0 Å². The predicted molar refractivity (Wildman–Crippen MR) is 154 cm³/mol. The van der Waals surface area contributed by atoms with Gasteiger partial charge in [0.25, 0.3) is 0 Å². The summed E-state index contributed by atoms with van der Waals surface area (Å²) in [4.78, 5) is 11.2. The third-order valence-corrected chi connectivity index (χ3v) is 8.92. The second kappa shape index (κ2) is 11.4. The highest BCUT2D eigenvalue weighted by atomic mass is 32.2. The topological polar surface area (TPSA) is 99.1 Å². The molecule has 7 nitrogen and oxygen atoms in total. The van der Waals surface area contributed by atoms with Crippen LogP contribution in [0.3, 0.4) is 0 Å². The molecule has 1 heterocycles. The summed E-state index contributed by atoms with van der Waals surface area (Å²) in [6.07, 6.45) is 2.06. The van der Waals surface area contributed by atoms with Crippen molar-refractivity contribution in [2.75, 3.05) is 25.2 Å². The van der Waals surface area contributed by atoms with E-state index in [4.69, 9.17) is 19.3 Å². The Balaban J connectivity index is 1.37. The zero-order chi connectivity index (χ0) is 29.5. The summed E-state index contributed by atoms with van der Waals surface area (Å²) in [6, 6.07) is 12.6. The highest BCUT2D eigenvalue weighted by Gasteiger charge is 2.32. The number of benzene rings is 3. The first-order chi connectivity index (χ1) is 19.4. The molecule has 2 aliphatic rings. The van der Waals surface area contributed by atoms with Crippen LogP contribution in [0.1, 0.15) is 59.6 Å². The normalized spacial score (nSPS) is 18.4. The molecule has 1 aliphatic carbocycles. The summed E-state index contributed by atoms with van der Waals surface area (Å²) < 4.78 is 56.4. The van der Waals surface area contributed by atoms with Gasteiger partial charge in [-0.3, -0.25) is 4.79 Å². The minimum absolute atomic E-state index is 0.00539. The van der Waals surface area contributed by atoms with Gasteiger partial charge in [-0.15, -0.1) is 0 Å². The van der Waals surface area contributed by atoms with Gasteiger partial charge in [0.1, 0.15) is 39.0 Å². The molecule has 218 valence electrons. The van der Waals surface area contributed by atoms with E-state index in [-0.39, 0.29) is 29.8 Å². The molecule has 3 atom stereocenters. The van der Waals surface area contributed by atoms with Crippen LogP contribution in [0.5, 0.6) is 17.2 Å². The van der Waals surface area contributed by atoms with Crippen LogP contribution in [-0.2, 0) is 21.1 Å². The molecule has 41 heavy (non-hydrogen) atoms. The standard InChI is InChI=1S/C32H35FO7S/c1-18(17-41(4,36)37)15-38-23-11-19(2)31(20(3)12-23)25-7-9-27(33)32-26(25)8-10-28(32)40-22-5-6-24-21(13-30(34)35)16-39-29(24)14-22/h5-7,9,11-12,14,18,21,28H,8,10,13,15-17H2,1-4H3,(H,34,35)/t18-,21+,28+/m0/s1. The van der Waals surface area contributed by atoms with Crippen molar-refractivity contribution in [3.63, 3.8) is 0 Å². The maximum atomic E-state index is 15.3. The van der Waals surface area contributed by atoms with E-state index >= 15 is 4.39 Å². The number of fused-ring (bicyclic) bond motifs is 2. The number of carboxylic acid groups (broad SMARTS) is 1. The number of aryl methyl sites for hydroxylation is 2. The van der Waals surface area contributed by atoms with Crippen LogP contribution in [-0.4, -0.2) is 44.7 Å². The third-order valence-electron chi connectivity index (χ3n) is 7.74. The molecule has 0 radical (unpaired) electrons. The summed E-state index contributed by atoms with van der Waals surface area (Å²) in [5.41, 5.74) is 6.30. The smallest absolute Gasteiger partial charge is 0.304 e. The van der Waals surface area contributed by atoms with E-state index in [1.165, 1.54) is 12.3 Å². The molecule has 0 saturated carbocycles. The molecule has 0 bridgehead atoms. The Morgan fingerprint density at radius 1 is 1.12 bits per heavy atom. The van der Waals surface area contributed by atoms with E-state index in [2.05, 4.69) is 0 Å². The SMILES string of the molecule is Cc1cc(OC[C@H](C)CS(C)(=O)=O)cc(C)c1-c1ccc(F)c2c1CC[C@H]2Oc1ccc2c(c1)OC[C@H]2CC(=O)O. The van der Waals surface area contributed by atoms with Crippen molar-refractivity contribution in [1.29, 1.82) is 0 Å². The Labute approximate surface area is 240 Å². The van der Waals surface area contributed by atoms with Crippen LogP contribution in [0.2, 0.25) is 0 Å². The average Bonchev–Trinajstić information content (AvgIpc) is 3.47. The molecule has 5 rings (SSSR count). The zero-order valence-electron chi connectivity index (χ0n) is 23.7. The molecule has 1 N–H and O–H groups in total. The Bertz CT molecular complexity index is 1570. The van der Waals surface area contributed by atoms with E-state index in [1.807, 2.05) is 45.0 Å². The maximum Gasteiger partial charge on any atom is 0.304 e. The summed E-state index contributed by atoms with van der Waals surface area (Å²) in [5.74, 6) is 0.412. The van der Waals surface area contributed by atoms with E-state index in [1.54, 1.807) is 12.1 Å². The van der Waals surface area contributed by atoms with E-state index in [0.29, 0.717) is 48.9 Å². The second-order valence-electron chi connectivity index (χ2n) is 11.4. The summed E-state index contributed by atoms with van der Waals surface area (Å²) in [5, 5.41) is 9.15. The van der Waals surface area contributed by atoms with E-state index in [9.17, 15) is 13.2 Å². The number of ether oxygens (including phenoxy) is 3. The minimum atomic E-state index is -3.08. The molecule has 0 saturated heterocycles. The summed E-state index contributed by atoms with van der Waals surface area (Å²) in [7, 11) is -3.08. The third kappa shape index (κ3) is 6.35. The number of rotatable bonds is 10. The number of hydrogen-bond acceptors (Lipinski definition) is 6. The van der Waals surface area contributed by atoms with Crippen LogP contribution in [0, 0.1) is 25.6 Å². The van der Waals surface area contributed by atoms with Crippen molar-refractivity contribution in [2.24, 2.45) is 5.92 Å². The highest BCUT2D eigenvalue weighted by Crippen LogP contribution is 2.45. The summed E-state index contributed by atoms with van der Waals surface area (Å²) in [6.45, 7) is 6.45. The fourth-order valence-corrected chi connectivity index (χ4v) is 7.27. The lowest BCUT2D eigenvalue weighted by Crippen LogP contribution is -2.18. The number of hydrogen-bond donors (Lipinski definition) is 1. The van der Waals surface area contributed by atoms with Crippen molar-refractivity contribution in [2.45, 2.75) is 52.1 Å². The Morgan fingerprint density at radius 2 is 1.85 bits per heavy atom. The number of carbonyl (C=O) groups is 1. The van der Waals surface area contributed by atoms with Crippen molar-refractivity contribution in [1.82, 2.24) is 0 Å². The monoisotopic (exact) mass is 582 g/mol. The van der Waals surface area contributed by atoms with Crippen LogP contribution in [0.15, 0.2) is 42.5 Å². The van der Waals surface area contributed by atoms with Gasteiger partial charge in [-0.25, -0.2) is 12.8 Å². The molecule has 0 aromatic heterocycles. The Kier molecular flexibility index (Phi) is 8.01. The van der Waals surface area contributed by atoms with Gasteiger partial charge in [0, 0.05) is 35.3 Å². The fraction of sp³-hybridized carbons (Fsp3) is 0.406. The molecule has 0 amide bonds. The quantitative estimate of drug-likeness (QED) is 0.305. The number of sulfone groups is 1. The van der Waals surface area contributed by atoms with Gasteiger partial charge in [0.2, 0.25) is 0 Å². The zero-order valence-corrected chi connectivity index (χ0v) is 24.5. The van der Waals surface area contributed by atoms with Gasteiger partial charge in [-0.1, -0.05) is 19.1 Å². The maximum absolute atomic E-state index is 15.3. The average molecular weight is 583 g/mol. The van der Waals surface area contributed by atoms with E-state index < -0.39 is 21.9 Å². The molecule has 0 fully saturated rings. The molecule has 9 heteroatoms. The predicted octanol–water partition coefficient (Wildman–Crippen LogP) is 6.19. The molecule has 0 unspecified atom stereocenters. The fourth-order valence-electron chi connectivity index (χ4n) is 6.14. The molecular weight excluding hydrogens is 547 g/mol. The molecular formula is C32H35FO7S. The highest BCUT2D eigenvalue weighted by molar-refractivity contribution is 7.90. The largest absolute Gasteiger partial charge is 0.493 e. The lowest BCUT2D eigenvalue weighted by molar-refractivity contribution is -0.137. The van der Waals surface area contributed by atoms with Gasteiger partial charge < -0.3 is 19.3 Å². The Hall–Kier alpha value is -3.59. The van der Waals surface area contributed by atoms with Gasteiger partial charge in [0.15, 0.2) is 0 Å². The van der Waals surface area contributed by atoms with Gasteiger partial charge in [0.05, 0.1) is 25.4 Å². The first-order valence-electron chi connectivity index (χ1n) is 13.8. The molecule has 3 aromatic rings. The van der Waals surface area contributed by atoms with Gasteiger partial charge >= 0.3 is 5.97 Å². The number of aliphatic carboxylic acids is 1. The van der Waals surface area contributed by atoms with Crippen LogP contribution < -0.4 is 14.2 Å². The lowest BCUT2D eigenvalue weighted by Gasteiger charge is -2.19. The van der Waals surface area contributed by atoms with Crippen LogP contribution in [0.25, 0.3) is 11.1 Å². The van der Waals surface area contributed by atoms with Gasteiger partial charge in [-0.2, -0.15) is 0 Å². The van der Waals surface area contributed by atoms with Crippen molar-refractivity contribution in [3.05, 3.63) is 76.1 Å². The molecule has 3 aromatic carbocycles. The molecule has 0 spiro atoms. The van der Waals surface area contributed by atoms with Crippen molar-refractivity contribution in [3.8, 4) is 28.4 Å². The molecule has 1 aliphatic heterocycles.